The van der Waals surface area contributed by atoms with Crippen molar-refractivity contribution in [3.8, 4) is 11.3 Å². The number of carbonyl (C=O) groups is 1. The first-order valence-corrected chi connectivity index (χ1v) is 10.4. The summed E-state index contributed by atoms with van der Waals surface area (Å²) >= 11 is 0. The second kappa shape index (κ2) is 7.40. The Morgan fingerprint density at radius 2 is 1.79 bits per heavy atom. The molecule has 2 fully saturated rings. The number of fused-ring (bicyclic) bond motifs is 1. The van der Waals surface area contributed by atoms with E-state index in [9.17, 15) is 4.79 Å². The predicted molar refractivity (Wildman–Crippen MR) is 111 cm³/mol. The van der Waals surface area contributed by atoms with Crippen LogP contribution in [0.15, 0.2) is 48.5 Å². The molecule has 0 radical (unpaired) electrons. The largest absolute Gasteiger partial charge is 0.348 e. The van der Waals surface area contributed by atoms with Gasteiger partial charge in [0, 0.05) is 17.6 Å². The molecule has 1 aliphatic carbocycles. The normalized spacial score (nSPS) is 22.7. The third-order valence-corrected chi connectivity index (χ3v) is 6.22. The van der Waals surface area contributed by atoms with E-state index in [1.165, 1.54) is 43.1 Å². The monoisotopic (exact) mass is 374 g/mol. The van der Waals surface area contributed by atoms with Gasteiger partial charge in [0.2, 0.25) is 0 Å². The zero-order chi connectivity index (χ0) is 18.9. The summed E-state index contributed by atoms with van der Waals surface area (Å²) in [6.07, 6.45) is 6.13. The standard InChI is InChI=1S/C23H26N4O/c28-23(24-19-13-20(14-19)27-10-4-1-5-11-27)22-15-21(25-26-22)18-9-8-16-6-2-3-7-17(16)12-18/h2-3,6-9,12,15,19-20H,1,4-5,10-11,13-14H2,(H,24,28)(H,25,26). The Morgan fingerprint density at radius 1 is 1.00 bits per heavy atom. The molecule has 1 aromatic heterocycles. The molecule has 2 heterocycles. The summed E-state index contributed by atoms with van der Waals surface area (Å²) in [6.45, 7) is 2.45. The van der Waals surface area contributed by atoms with E-state index in [1.54, 1.807) is 0 Å². The minimum absolute atomic E-state index is 0.0540. The van der Waals surface area contributed by atoms with Gasteiger partial charge in [0.05, 0.1) is 5.69 Å². The van der Waals surface area contributed by atoms with Crippen molar-refractivity contribution in [3.05, 3.63) is 54.2 Å². The van der Waals surface area contributed by atoms with Crippen molar-refractivity contribution in [2.45, 2.75) is 44.2 Å². The minimum atomic E-state index is -0.0540. The molecule has 144 valence electrons. The average Bonchev–Trinajstić information content (AvgIpc) is 3.21. The Kier molecular flexibility index (Phi) is 4.61. The molecule has 0 unspecified atom stereocenters. The highest BCUT2D eigenvalue weighted by atomic mass is 16.2. The summed E-state index contributed by atoms with van der Waals surface area (Å²) in [5, 5.41) is 12.8. The topological polar surface area (TPSA) is 61.0 Å². The van der Waals surface area contributed by atoms with E-state index in [0.29, 0.717) is 11.7 Å². The van der Waals surface area contributed by atoms with Crippen LogP contribution in [0.1, 0.15) is 42.6 Å². The third-order valence-electron chi connectivity index (χ3n) is 6.22. The average molecular weight is 374 g/mol. The molecule has 1 aliphatic heterocycles. The number of hydrogen-bond acceptors (Lipinski definition) is 3. The van der Waals surface area contributed by atoms with Crippen LogP contribution in [0.3, 0.4) is 0 Å². The SMILES string of the molecule is O=C(NC1CC(N2CCCCC2)C1)c1cc(-c2ccc3ccccc3c2)n[nH]1. The number of amides is 1. The first-order chi connectivity index (χ1) is 13.8. The van der Waals surface area contributed by atoms with Crippen LogP contribution in [-0.4, -0.2) is 46.2 Å². The van der Waals surface area contributed by atoms with Gasteiger partial charge in [-0.25, -0.2) is 0 Å². The number of hydrogen-bond donors (Lipinski definition) is 2. The Bertz CT molecular complexity index is 983. The summed E-state index contributed by atoms with van der Waals surface area (Å²) in [4.78, 5) is 15.2. The van der Waals surface area contributed by atoms with Gasteiger partial charge < -0.3 is 10.2 Å². The summed E-state index contributed by atoms with van der Waals surface area (Å²) in [6, 6.07) is 17.3. The van der Waals surface area contributed by atoms with Crippen molar-refractivity contribution in [2.75, 3.05) is 13.1 Å². The quantitative estimate of drug-likeness (QED) is 0.726. The molecule has 0 spiro atoms. The van der Waals surface area contributed by atoms with Crippen molar-refractivity contribution in [3.63, 3.8) is 0 Å². The van der Waals surface area contributed by atoms with Gasteiger partial charge in [-0.2, -0.15) is 5.10 Å². The summed E-state index contributed by atoms with van der Waals surface area (Å²) in [5.74, 6) is -0.0540. The zero-order valence-electron chi connectivity index (χ0n) is 16.0. The number of nitrogens with one attached hydrogen (secondary N) is 2. The van der Waals surface area contributed by atoms with Crippen molar-refractivity contribution in [1.82, 2.24) is 20.4 Å². The highest BCUT2D eigenvalue weighted by Gasteiger charge is 2.35. The molecule has 1 amide bonds. The fourth-order valence-corrected chi connectivity index (χ4v) is 4.49. The molecule has 5 nitrogen and oxygen atoms in total. The number of likely N-dealkylation sites (tertiary alicyclic amines) is 1. The fourth-order valence-electron chi connectivity index (χ4n) is 4.49. The number of piperidine rings is 1. The Balaban J connectivity index is 1.21. The molecule has 28 heavy (non-hydrogen) atoms. The van der Waals surface area contributed by atoms with Gasteiger partial charge in [0.25, 0.3) is 5.91 Å². The van der Waals surface area contributed by atoms with E-state index >= 15 is 0 Å². The van der Waals surface area contributed by atoms with E-state index in [2.05, 4.69) is 50.7 Å². The van der Waals surface area contributed by atoms with Crippen LogP contribution < -0.4 is 5.32 Å². The highest BCUT2D eigenvalue weighted by Crippen LogP contribution is 2.29. The van der Waals surface area contributed by atoms with Crippen molar-refractivity contribution in [2.24, 2.45) is 0 Å². The molecule has 5 rings (SSSR count). The van der Waals surface area contributed by atoms with Crippen LogP contribution in [-0.2, 0) is 0 Å². The number of carbonyl (C=O) groups excluding carboxylic acids is 1. The van der Waals surface area contributed by atoms with E-state index in [4.69, 9.17) is 0 Å². The van der Waals surface area contributed by atoms with Gasteiger partial charge in [-0.05, 0) is 61.7 Å². The van der Waals surface area contributed by atoms with Gasteiger partial charge in [0.15, 0.2) is 0 Å². The van der Waals surface area contributed by atoms with Crippen LogP contribution in [0.4, 0.5) is 0 Å². The third kappa shape index (κ3) is 3.42. The smallest absolute Gasteiger partial charge is 0.269 e. The van der Waals surface area contributed by atoms with Gasteiger partial charge in [-0.15, -0.1) is 0 Å². The summed E-state index contributed by atoms with van der Waals surface area (Å²) in [7, 11) is 0. The maximum Gasteiger partial charge on any atom is 0.269 e. The number of benzene rings is 2. The van der Waals surface area contributed by atoms with Crippen LogP contribution in [0.5, 0.6) is 0 Å². The first-order valence-electron chi connectivity index (χ1n) is 10.4. The van der Waals surface area contributed by atoms with Gasteiger partial charge >= 0.3 is 0 Å². The molecular formula is C23H26N4O. The lowest BCUT2D eigenvalue weighted by Gasteiger charge is -2.44. The second-order valence-corrected chi connectivity index (χ2v) is 8.12. The van der Waals surface area contributed by atoms with Gasteiger partial charge in [0.1, 0.15) is 5.69 Å². The van der Waals surface area contributed by atoms with E-state index < -0.39 is 0 Å². The Morgan fingerprint density at radius 3 is 2.61 bits per heavy atom. The van der Waals surface area contributed by atoms with E-state index in [0.717, 1.165) is 24.1 Å². The maximum absolute atomic E-state index is 12.6. The van der Waals surface area contributed by atoms with E-state index in [-0.39, 0.29) is 11.9 Å². The predicted octanol–water partition coefficient (Wildman–Crippen LogP) is 3.98. The number of rotatable bonds is 4. The molecular weight excluding hydrogens is 348 g/mol. The lowest BCUT2D eigenvalue weighted by molar-refractivity contribution is 0.0674. The molecule has 1 saturated carbocycles. The molecule has 0 bridgehead atoms. The Hall–Kier alpha value is -2.66. The second-order valence-electron chi connectivity index (χ2n) is 8.12. The molecule has 0 atom stereocenters. The van der Waals surface area contributed by atoms with Crippen LogP contribution in [0, 0.1) is 0 Å². The van der Waals surface area contributed by atoms with Crippen LogP contribution in [0.25, 0.3) is 22.0 Å². The highest BCUT2D eigenvalue weighted by molar-refractivity contribution is 5.94. The Labute approximate surface area is 165 Å². The molecule has 3 aromatic rings. The van der Waals surface area contributed by atoms with Crippen molar-refractivity contribution < 1.29 is 4.79 Å². The van der Waals surface area contributed by atoms with Crippen molar-refractivity contribution >= 4 is 16.7 Å². The number of aromatic nitrogens is 2. The van der Waals surface area contributed by atoms with Crippen molar-refractivity contribution in [1.29, 1.82) is 0 Å². The van der Waals surface area contributed by atoms with Gasteiger partial charge in [-0.3, -0.25) is 9.89 Å². The van der Waals surface area contributed by atoms with Crippen LogP contribution >= 0.6 is 0 Å². The molecule has 2 aromatic carbocycles. The van der Waals surface area contributed by atoms with E-state index in [1.807, 2.05) is 18.2 Å². The summed E-state index contributed by atoms with van der Waals surface area (Å²) in [5.41, 5.74) is 2.35. The summed E-state index contributed by atoms with van der Waals surface area (Å²) < 4.78 is 0. The molecule has 2 aliphatic rings. The molecule has 2 N–H and O–H groups in total. The number of aromatic amines is 1. The minimum Gasteiger partial charge on any atom is -0.348 e. The molecule has 5 heteroatoms. The zero-order valence-corrected chi connectivity index (χ0v) is 16.0. The first kappa shape index (κ1) is 17.4. The lowest BCUT2D eigenvalue weighted by atomic mass is 9.84. The number of H-pyrrole nitrogens is 1. The fraction of sp³-hybridized carbons (Fsp3) is 0.391. The lowest BCUT2D eigenvalue weighted by Crippen LogP contribution is -2.54. The van der Waals surface area contributed by atoms with Gasteiger partial charge in [-0.1, -0.05) is 42.8 Å². The molecule has 1 saturated heterocycles. The maximum atomic E-state index is 12.6. The van der Waals surface area contributed by atoms with Crippen LogP contribution in [0.2, 0.25) is 0 Å². The number of nitrogens with zero attached hydrogens (tertiary/aromatic N) is 2.